The molecule has 3 nitrogen and oxygen atoms in total. The summed E-state index contributed by atoms with van der Waals surface area (Å²) in [5.74, 6) is 0.0232. The summed E-state index contributed by atoms with van der Waals surface area (Å²) in [6.07, 6.45) is -2.46. The highest BCUT2D eigenvalue weighted by molar-refractivity contribution is 5.78. The first-order valence-electron chi connectivity index (χ1n) is 6.44. The molecule has 0 fully saturated rings. The third-order valence-corrected chi connectivity index (χ3v) is 2.92. The van der Waals surface area contributed by atoms with Crippen LogP contribution >= 0.6 is 0 Å². The van der Waals surface area contributed by atoms with Crippen molar-refractivity contribution in [3.05, 3.63) is 35.4 Å². The third kappa shape index (κ3) is 4.95. The number of nitrogens with zero attached hydrogens (tertiary/aromatic N) is 1. The summed E-state index contributed by atoms with van der Waals surface area (Å²) in [6, 6.07) is 6.22. The van der Waals surface area contributed by atoms with E-state index in [4.69, 9.17) is 0 Å². The number of amides is 1. The van der Waals surface area contributed by atoms with E-state index in [0.29, 0.717) is 19.6 Å². The Morgan fingerprint density at radius 1 is 1.32 bits per heavy atom. The monoisotopic (exact) mass is 270 g/mol. The molecule has 1 aromatic carbocycles. The van der Waals surface area contributed by atoms with Gasteiger partial charge >= 0.3 is 0 Å². The van der Waals surface area contributed by atoms with E-state index in [1.807, 2.05) is 13.8 Å². The summed E-state index contributed by atoms with van der Waals surface area (Å²) in [4.78, 5) is 13.4. The maximum absolute atomic E-state index is 12.5. The molecule has 0 saturated carbocycles. The fourth-order valence-electron chi connectivity index (χ4n) is 1.84. The zero-order valence-electron chi connectivity index (χ0n) is 11.3. The second kappa shape index (κ2) is 7.84. The highest BCUT2D eigenvalue weighted by Gasteiger charge is 2.09. The Hall–Kier alpha value is -1.49. The predicted octanol–water partition coefficient (Wildman–Crippen LogP) is 2.58. The molecule has 0 radical (unpaired) electrons. The van der Waals surface area contributed by atoms with Crippen molar-refractivity contribution >= 4 is 5.91 Å². The summed E-state index contributed by atoms with van der Waals surface area (Å²) < 4.78 is 25.0. The molecular formula is C14H20F2N2O. The van der Waals surface area contributed by atoms with E-state index in [-0.39, 0.29) is 18.0 Å². The number of alkyl halides is 2. The number of carbonyl (C=O) groups excluding carboxylic acids is 1. The highest BCUT2D eigenvalue weighted by Crippen LogP contribution is 2.19. The molecule has 1 aromatic rings. The van der Waals surface area contributed by atoms with Crippen LogP contribution in [0.25, 0.3) is 0 Å². The van der Waals surface area contributed by atoms with Gasteiger partial charge in [0.15, 0.2) is 0 Å². The van der Waals surface area contributed by atoms with Crippen molar-refractivity contribution in [2.45, 2.75) is 26.8 Å². The molecule has 106 valence electrons. The van der Waals surface area contributed by atoms with E-state index in [9.17, 15) is 13.6 Å². The lowest BCUT2D eigenvalue weighted by molar-refractivity contribution is -0.129. The van der Waals surface area contributed by atoms with E-state index in [2.05, 4.69) is 5.32 Å². The Bertz CT molecular complexity index is 406. The Balaban J connectivity index is 2.45. The molecule has 0 aromatic heterocycles. The van der Waals surface area contributed by atoms with E-state index in [1.165, 1.54) is 12.1 Å². The molecule has 19 heavy (non-hydrogen) atoms. The van der Waals surface area contributed by atoms with Crippen LogP contribution < -0.4 is 5.32 Å². The fraction of sp³-hybridized carbons (Fsp3) is 0.500. The highest BCUT2D eigenvalue weighted by atomic mass is 19.3. The van der Waals surface area contributed by atoms with Gasteiger partial charge in [0, 0.05) is 25.2 Å². The SMILES string of the molecule is CCN(CC)C(=O)CNCc1cccc(C(F)F)c1. The van der Waals surface area contributed by atoms with Crippen LogP contribution in [0.4, 0.5) is 8.78 Å². The lowest BCUT2D eigenvalue weighted by Crippen LogP contribution is -2.37. The van der Waals surface area contributed by atoms with Crippen molar-refractivity contribution < 1.29 is 13.6 Å². The largest absolute Gasteiger partial charge is 0.342 e. The van der Waals surface area contributed by atoms with Gasteiger partial charge in [-0.2, -0.15) is 0 Å². The van der Waals surface area contributed by atoms with Crippen LogP contribution in [-0.2, 0) is 11.3 Å². The number of carbonyl (C=O) groups is 1. The van der Waals surface area contributed by atoms with Gasteiger partial charge < -0.3 is 10.2 Å². The number of hydrogen-bond acceptors (Lipinski definition) is 2. The summed E-state index contributed by atoms with van der Waals surface area (Å²) in [5.41, 5.74) is 0.763. The van der Waals surface area contributed by atoms with Crippen LogP contribution in [-0.4, -0.2) is 30.4 Å². The summed E-state index contributed by atoms with van der Waals surface area (Å²) in [6.45, 7) is 5.84. The Morgan fingerprint density at radius 2 is 2.00 bits per heavy atom. The molecule has 0 atom stereocenters. The van der Waals surface area contributed by atoms with Crippen LogP contribution in [0.3, 0.4) is 0 Å². The lowest BCUT2D eigenvalue weighted by Gasteiger charge is -2.18. The minimum absolute atomic E-state index is 0.00868. The molecule has 0 aliphatic heterocycles. The molecule has 0 heterocycles. The molecule has 0 aliphatic rings. The maximum Gasteiger partial charge on any atom is 0.263 e. The molecule has 0 aliphatic carbocycles. The van der Waals surface area contributed by atoms with Gasteiger partial charge in [0.1, 0.15) is 0 Å². The first kappa shape index (κ1) is 15.6. The van der Waals surface area contributed by atoms with Gasteiger partial charge in [-0.25, -0.2) is 8.78 Å². The quantitative estimate of drug-likeness (QED) is 0.826. The number of nitrogens with one attached hydrogen (secondary N) is 1. The van der Waals surface area contributed by atoms with E-state index in [0.717, 1.165) is 5.56 Å². The number of likely N-dealkylation sites (N-methyl/N-ethyl adjacent to an activating group) is 1. The van der Waals surface area contributed by atoms with Crippen molar-refractivity contribution in [3.63, 3.8) is 0 Å². The standard InChI is InChI=1S/C14H20F2N2O/c1-3-18(4-2)13(19)10-17-9-11-6-5-7-12(8-11)14(15)16/h5-8,14,17H,3-4,9-10H2,1-2H3. The van der Waals surface area contributed by atoms with E-state index in [1.54, 1.807) is 17.0 Å². The average molecular weight is 270 g/mol. The zero-order chi connectivity index (χ0) is 14.3. The molecule has 0 saturated heterocycles. The first-order valence-corrected chi connectivity index (χ1v) is 6.44. The van der Waals surface area contributed by atoms with Crippen molar-refractivity contribution in [1.82, 2.24) is 10.2 Å². The van der Waals surface area contributed by atoms with E-state index >= 15 is 0 Å². The van der Waals surface area contributed by atoms with Gasteiger partial charge in [-0.15, -0.1) is 0 Å². The van der Waals surface area contributed by atoms with Crippen molar-refractivity contribution in [2.75, 3.05) is 19.6 Å². The van der Waals surface area contributed by atoms with Crippen LogP contribution in [0.5, 0.6) is 0 Å². The Kier molecular flexibility index (Phi) is 6.42. The Labute approximate surface area is 112 Å². The zero-order valence-corrected chi connectivity index (χ0v) is 11.3. The van der Waals surface area contributed by atoms with Gasteiger partial charge in [-0.1, -0.05) is 18.2 Å². The topological polar surface area (TPSA) is 32.3 Å². The molecule has 1 N–H and O–H groups in total. The summed E-state index contributed by atoms with van der Waals surface area (Å²) in [7, 11) is 0. The number of rotatable bonds is 7. The van der Waals surface area contributed by atoms with Gasteiger partial charge in [0.05, 0.1) is 6.54 Å². The van der Waals surface area contributed by atoms with Crippen molar-refractivity contribution in [2.24, 2.45) is 0 Å². The lowest BCUT2D eigenvalue weighted by atomic mass is 10.1. The minimum Gasteiger partial charge on any atom is -0.342 e. The van der Waals surface area contributed by atoms with Crippen LogP contribution in [0, 0.1) is 0 Å². The maximum atomic E-state index is 12.5. The normalized spacial score (nSPS) is 10.8. The van der Waals surface area contributed by atoms with Gasteiger partial charge in [-0.3, -0.25) is 4.79 Å². The van der Waals surface area contributed by atoms with E-state index < -0.39 is 6.43 Å². The second-order valence-corrected chi connectivity index (χ2v) is 4.22. The molecule has 1 rings (SSSR count). The number of halogens is 2. The van der Waals surface area contributed by atoms with Crippen molar-refractivity contribution in [3.8, 4) is 0 Å². The van der Waals surface area contributed by atoms with Crippen LogP contribution in [0.1, 0.15) is 31.4 Å². The number of hydrogen-bond donors (Lipinski definition) is 1. The molecule has 0 unspecified atom stereocenters. The second-order valence-electron chi connectivity index (χ2n) is 4.22. The first-order chi connectivity index (χ1) is 9.08. The Morgan fingerprint density at radius 3 is 2.58 bits per heavy atom. The molecule has 5 heteroatoms. The smallest absolute Gasteiger partial charge is 0.263 e. The fourth-order valence-corrected chi connectivity index (χ4v) is 1.84. The van der Waals surface area contributed by atoms with Crippen LogP contribution in [0.2, 0.25) is 0 Å². The van der Waals surface area contributed by atoms with Gasteiger partial charge in [-0.05, 0) is 25.5 Å². The van der Waals surface area contributed by atoms with Gasteiger partial charge in [0.25, 0.3) is 6.43 Å². The third-order valence-electron chi connectivity index (χ3n) is 2.92. The van der Waals surface area contributed by atoms with Gasteiger partial charge in [0.2, 0.25) is 5.91 Å². The summed E-state index contributed by atoms with van der Waals surface area (Å²) in [5, 5.41) is 2.98. The average Bonchev–Trinajstić information content (AvgIpc) is 2.40. The van der Waals surface area contributed by atoms with Crippen molar-refractivity contribution in [1.29, 1.82) is 0 Å². The number of benzene rings is 1. The minimum atomic E-state index is -2.46. The summed E-state index contributed by atoms with van der Waals surface area (Å²) >= 11 is 0. The molecule has 1 amide bonds. The molecule has 0 bridgehead atoms. The molecule has 0 spiro atoms. The predicted molar refractivity (Wildman–Crippen MR) is 71.0 cm³/mol. The molecular weight excluding hydrogens is 250 g/mol. The van der Waals surface area contributed by atoms with Crippen LogP contribution in [0.15, 0.2) is 24.3 Å².